The number of hydrogen-bond acceptors (Lipinski definition) is 6. The second-order valence-electron chi connectivity index (χ2n) is 5.94. The largest absolute Gasteiger partial charge is 0.342 e. The molecule has 3 heterocycles. The number of fused-ring (bicyclic) bond motifs is 3. The predicted molar refractivity (Wildman–Crippen MR) is 61.6 cm³/mol. The van der Waals surface area contributed by atoms with Gasteiger partial charge in [-0.25, -0.2) is 0 Å². The lowest BCUT2D eigenvalue weighted by atomic mass is 9.99. The third-order valence-corrected chi connectivity index (χ3v) is 3.48. The molecule has 0 spiro atoms. The van der Waals surface area contributed by atoms with Crippen molar-refractivity contribution in [2.24, 2.45) is 5.73 Å². The summed E-state index contributed by atoms with van der Waals surface area (Å²) in [7, 11) is 0. The van der Waals surface area contributed by atoms with Crippen molar-refractivity contribution in [2.75, 3.05) is 6.54 Å². The molecule has 3 rings (SSSR count). The Kier molecular flexibility index (Phi) is 2.75. The Hall–Kier alpha value is -0.240. The molecule has 3 aliphatic heterocycles. The molecule has 0 radical (unpaired) electrons. The van der Waals surface area contributed by atoms with Crippen LogP contribution in [-0.4, -0.2) is 48.8 Å². The minimum Gasteiger partial charge on any atom is -0.342 e. The van der Waals surface area contributed by atoms with Gasteiger partial charge in [-0.1, -0.05) is 0 Å². The fraction of sp³-hybridized carbons (Fsp3) is 1.00. The van der Waals surface area contributed by atoms with Gasteiger partial charge in [0, 0.05) is 6.54 Å². The van der Waals surface area contributed by atoms with E-state index in [0.29, 0.717) is 6.54 Å². The average molecular weight is 259 g/mol. The summed E-state index contributed by atoms with van der Waals surface area (Å²) in [6.07, 6.45) is -1.34. The molecule has 2 N–H and O–H groups in total. The minimum atomic E-state index is -0.667. The minimum absolute atomic E-state index is 0.200. The highest BCUT2D eigenvalue weighted by Gasteiger charge is 2.60. The Bertz CT molecular complexity index is 345. The first kappa shape index (κ1) is 12.8. The maximum absolute atomic E-state index is 5.93. The third kappa shape index (κ3) is 1.97. The maximum atomic E-state index is 5.93. The molecule has 0 saturated carbocycles. The van der Waals surface area contributed by atoms with Gasteiger partial charge < -0.3 is 29.4 Å². The van der Waals surface area contributed by atoms with Crippen LogP contribution in [0.5, 0.6) is 0 Å². The van der Waals surface area contributed by atoms with E-state index in [2.05, 4.69) is 0 Å². The maximum Gasteiger partial charge on any atom is 0.190 e. The van der Waals surface area contributed by atoms with E-state index in [1.54, 1.807) is 0 Å². The Balaban J connectivity index is 1.86. The molecule has 3 saturated heterocycles. The van der Waals surface area contributed by atoms with Gasteiger partial charge in [0.2, 0.25) is 0 Å². The van der Waals surface area contributed by atoms with Crippen LogP contribution >= 0.6 is 0 Å². The SMILES string of the molecule is CC1(C)O[C@@H]2O[C@H](CN)[C@@H]3OC(C)(C)O[C@@H]3[C@@H]2O1. The Morgan fingerprint density at radius 3 is 2.06 bits per heavy atom. The summed E-state index contributed by atoms with van der Waals surface area (Å²) < 4.78 is 29.2. The topological polar surface area (TPSA) is 72.2 Å². The van der Waals surface area contributed by atoms with Crippen molar-refractivity contribution in [3.05, 3.63) is 0 Å². The van der Waals surface area contributed by atoms with E-state index in [1.165, 1.54) is 0 Å². The lowest BCUT2D eigenvalue weighted by Gasteiger charge is -2.36. The van der Waals surface area contributed by atoms with Gasteiger partial charge in [0.15, 0.2) is 17.9 Å². The molecule has 104 valence electrons. The van der Waals surface area contributed by atoms with Crippen molar-refractivity contribution >= 4 is 0 Å². The van der Waals surface area contributed by atoms with Crippen LogP contribution in [0.1, 0.15) is 27.7 Å². The summed E-state index contributed by atoms with van der Waals surface area (Å²) in [5.74, 6) is -1.31. The lowest BCUT2D eigenvalue weighted by molar-refractivity contribution is -0.231. The van der Waals surface area contributed by atoms with Crippen LogP contribution in [0.2, 0.25) is 0 Å². The molecule has 0 amide bonds. The van der Waals surface area contributed by atoms with Crippen LogP contribution in [0.25, 0.3) is 0 Å². The number of nitrogens with two attached hydrogens (primary N) is 1. The molecular formula is C12H21NO5. The molecule has 0 aliphatic carbocycles. The van der Waals surface area contributed by atoms with Gasteiger partial charge in [0.25, 0.3) is 0 Å². The molecule has 0 bridgehead atoms. The van der Waals surface area contributed by atoms with Crippen LogP contribution in [-0.2, 0) is 23.7 Å². The highest BCUT2D eigenvalue weighted by molar-refractivity contribution is 5.00. The summed E-state index contributed by atoms with van der Waals surface area (Å²) in [6.45, 7) is 7.86. The fourth-order valence-electron chi connectivity index (χ4n) is 2.88. The van der Waals surface area contributed by atoms with Crippen molar-refractivity contribution < 1.29 is 23.7 Å². The summed E-state index contributed by atoms with van der Waals surface area (Å²) >= 11 is 0. The van der Waals surface area contributed by atoms with E-state index >= 15 is 0 Å². The molecule has 6 heteroatoms. The second-order valence-corrected chi connectivity index (χ2v) is 5.94. The second kappa shape index (κ2) is 3.88. The fourth-order valence-corrected chi connectivity index (χ4v) is 2.88. The van der Waals surface area contributed by atoms with E-state index in [0.717, 1.165) is 0 Å². The Labute approximate surface area is 107 Å². The van der Waals surface area contributed by atoms with Gasteiger partial charge in [0.05, 0.1) is 0 Å². The van der Waals surface area contributed by atoms with E-state index in [-0.39, 0.29) is 24.4 Å². The van der Waals surface area contributed by atoms with E-state index in [4.69, 9.17) is 29.4 Å². The summed E-state index contributed by atoms with van der Waals surface area (Å²) in [6, 6.07) is 0. The first-order valence-electron chi connectivity index (χ1n) is 6.38. The molecule has 0 aromatic heterocycles. The molecule has 3 aliphatic rings. The highest BCUT2D eigenvalue weighted by Crippen LogP contribution is 2.43. The quantitative estimate of drug-likeness (QED) is 0.732. The van der Waals surface area contributed by atoms with Crippen LogP contribution < -0.4 is 5.73 Å². The molecule has 18 heavy (non-hydrogen) atoms. The molecule has 6 nitrogen and oxygen atoms in total. The van der Waals surface area contributed by atoms with Gasteiger partial charge in [-0.3, -0.25) is 0 Å². The molecule has 3 fully saturated rings. The third-order valence-electron chi connectivity index (χ3n) is 3.48. The van der Waals surface area contributed by atoms with Crippen molar-refractivity contribution in [1.29, 1.82) is 0 Å². The van der Waals surface area contributed by atoms with Gasteiger partial charge >= 0.3 is 0 Å². The van der Waals surface area contributed by atoms with Crippen LogP contribution in [0.3, 0.4) is 0 Å². The Morgan fingerprint density at radius 2 is 1.39 bits per heavy atom. The van der Waals surface area contributed by atoms with E-state index in [1.807, 2.05) is 27.7 Å². The van der Waals surface area contributed by atoms with E-state index in [9.17, 15) is 0 Å². The summed E-state index contributed by atoms with van der Waals surface area (Å²) in [5, 5.41) is 0. The number of rotatable bonds is 1. The van der Waals surface area contributed by atoms with Gasteiger partial charge in [-0.05, 0) is 27.7 Å². The first-order chi connectivity index (χ1) is 8.31. The zero-order valence-corrected chi connectivity index (χ0v) is 11.2. The van der Waals surface area contributed by atoms with Crippen molar-refractivity contribution in [1.82, 2.24) is 0 Å². The van der Waals surface area contributed by atoms with Crippen molar-refractivity contribution in [2.45, 2.75) is 70.0 Å². The van der Waals surface area contributed by atoms with Gasteiger partial charge in [0.1, 0.15) is 24.4 Å². The predicted octanol–water partition coefficient (Wildman–Crippen LogP) is 0.342. The first-order valence-corrected chi connectivity index (χ1v) is 6.38. The average Bonchev–Trinajstić information content (AvgIpc) is 2.71. The summed E-state index contributed by atoms with van der Waals surface area (Å²) in [4.78, 5) is 0. The van der Waals surface area contributed by atoms with Gasteiger partial charge in [-0.15, -0.1) is 0 Å². The lowest BCUT2D eigenvalue weighted by Crippen LogP contribution is -2.57. The monoisotopic (exact) mass is 259 g/mol. The van der Waals surface area contributed by atoms with Crippen LogP contribution in [0.15, 0.2) is 0 Å². The van der Waals surface area contributed by atoms with Crippen molar-refractivity contribution in [3.8, 4) is 0 Å². The van der Waals surface area contributed by atoms with Gasteiger partial charge in [-0.2, -0.15) is 0 Å². The summed E-state index contributed by atoms with van der Waals surface area (Å²) in [5.41, 5.74) is 5.74. The number of ether oxygens (including phenoxy) is 5. The highest BCUT2D eigenvalue weighted by atomic mass is 16.9. The normalized spacial score (nSPS) is 48.8. The molecule has 5 atom stereocenters. The molecular weight excluding hydrogens is 238 g/mol. The molecule has 0 aromatic carbocycles. The molecule has 0 unspecified atom stereocenters. The molecule has 0 aromatic rings. The zero-order chi connectivity index (χ0) is 13.1. The van der Waals surface area contributed by atoms with Crippen molar-refractivity contribution in [3.63, 3.8) is 0 Å². The van der Waals surface area contributed by atoms with E-state index < -0.39 is 17.9 Å². The zero-order valence-electron chi connectivity index (χ0n) is 11.2. The standard InChI is InChI=1S/C12H21NO5/c1-11(2)15-7-6(5-13)14-10-9(8(7)16-11)17-12(3,4)18-10/h6-10H,5,13H2,1-4H3/t6-,7+,8+,9+,10+/m1/s1. The smallest absolute Gasteiger partial charge is 0.190 e. The van der Waals surface area contributed by atoms with Crippen LogP contribution in [0, 0.1) is 0 Å². The van der Waals surface area contributed by atoms with Crippen LogP contribution in [0.4, 0.5) is 0 Å². The number of hydrogen-bond donors (Lipinski definition) is 1. The Morgan fingerprint density at radius 1 is 0.833 bits per heavy atom.